The van der Waals surface area contributed by atoms with Gasteiger partial charge in [0.1, 0.15) is 17.2 Å². The van der Waals surface area contributed by atoms with Crippen LogP contribution in [0.1, 0.15) is 40.7 Å². The summed E-state index contributed by atoms with van der Waals surface area (Å²) in [6, 6.07) is 7.14. The van der Waals surface area contributed by atoms with Gasteiger partial charge in [0.25, 0.3) is 5.91 Å². The molecule has 1 aliphatic rings. The van der Waals surface area contributed by atoms with E-state index in [2.05, 4.69) is 10.3 Å². The van der Waals surface area contributed by atoms with E-state index >= 15 is 0 Å². The lowest BCUT2D eigenvalue weighted by Gasteiger charge is -2.24. The van der Waals surface area contributed by atoms with Crippen LogP contribution in [-0.4, -0.2) is 29.9 Å². The molecule has 1 amide bonds. The molecule has 0 spiro atoms. The normalized spacial score (nSPS) is 16.7. The van der Waals surface area contributed by atoms with Crippen LogP contribution in [0.25, 0.3) is 0 Å². The number of hydrogen-bond donors (Lipinski definition) is 1. The molecule has 2 heterocycles. The first-order chi connectivity index (χ1) is 12.8. The van der Waals surface area contributed by atoms with Crippen molar-refractivity contribution >= 4 is 17.4 Å². The average molecular weight is 377 g/mol. The molecule has 1 saturated heterocycles. The number of carbonyl (C=O) groups is 1. The van der Waals surface area contributed by atoms with Gasteiger partial charge in [0.2, 0.25) is 5.92 Å². The monoisotopic (exact) mass is 377 g/mol. The Hall–Kier alpha value is -2.57. The Bertz CT molecular complexity index is 854. The van der Waals surface area contributed by atoms with E-state index in [4.69, 9.17) is 0 Å². The molecule has 0 radical (unpaired) electrons. The van der Waals surface area contributed by atoms with Gasteiger partial charge < -0.3 is 10.2 Å². The molecule has 4 nitrogen and oxygen atoms in total. The summed E-state index contributed by atoms with van der Waals surface area (Å²) in [5.41, 5.74) is 1.51. The fraction of sp³-hybridized carbons (Fsp3) is 0.400. The Morgan fingerprint density at radius 1 is 1.22 bits per heavy atom. The zero-order valence-electron chi connectivity index (χ0n) is 15.4. The van der Waals surface area contributed by atoms with Gasteiger partial charge in [-0.15, -0.1) is 0 Å². The quantitative estimate of drug-likeness (QED) is 0.842. The summed E-state index contributed by atoms with van der Waals surface area (Å²) >= 11 is 0. The molecule has 1 N–H and O–H groups in total. The zero-order chi connectivity index (χ0) is 19.6. The van der Waals surface area contributed by atoms with Gasteiger partial charge in [-0.25, -0.2) is 18.2 Å². The largest absolute Gasteiger partial charge is 0.356 e. The van der Waals surface area contributed by atoms with E-state index in [-0.39, 0.29) is 42.8 Å². The van der Waals surface area contributed by atoms with E-state index < -0.39 is 17.6 Å². The minimum absolute atomic E-state index is 0.0211. The number of benzene rings is 1. The summed E-state index contributed by atoms with van der Waals surface area (Å²) in [6.45, 7) is 3.72. The second-order valence-corrected chi connectivity index (χ2v) is 6.97. The lowest BCUT2D eigenvalue weighted by molar-refractivity contribution is -0.0102. The molecule has 1 aromatic carbocycles. The molecule has 3 rings (SSSR count). The van der Waals surface area contributed by atoms with E-state index in [9.17, 15) is 18.0 Å². The van der Waals surface area contributed by atoms with Crippen molar-refractivity contribution in [3.63, 3.8) is 0 Å². The smallest absolute Gasteiger partial charge is 0.262 e. The first-order valence-corrected chi connectivity index (χ1v) is 8.93. The highest BCUT2D eigenvalue weighted by atomic mass is 19.3. The van der Waals surface area contributed by atoms with Crippen molar-refractivity contribution in [3.8, 4) is 0 Å². The number of aromatic nitrogens is 1. The number of nitrogens with one attached hydrogen (secondary N) is 1. The third kappa shape index (κ3) is 4.40. The van der Waals surface area contributed by atoms with Gasteiger partial charge in [-0.2, -0.15) is 0 Å². The number of amides is 1. The first-order valence-electron chi connectivity index (χ1n) is 8.93. The number of hydrogen-bond acceptors (Lipinski definition) is 3. The van der Waals surface area contributed by atoms with E-state index in [1.807, 2.05) is 13.0 Å². The maximum absolute atomic E-state index is 14.8. The number of halogens is 3. The van der Waals surface area contributed by atoms with Crippen LogP contribution in [0.3, 0.4) is 0 Å². The zero-order valence-corrected chi connectivity index (χ0v) is 15.4. The number of nitrogens with zero attached hydrogens (tertiary/aromatic N) is 2. The van der Waals surface area contributed by atoms with Gasteiger partial charge in [-0.3, -0.25) is 4.79 Å². The second-order valence-electron chi connectivity index (χ2n) is 6.97. The van der Waals surface area contributed by atoms with Gasteiger partial charge in [0.05, 0.1) is 0 Å². The maximum atomic E-state index is 14.8. The molecule has 7 heteroatoms. The van der Waals surface area contributed by atoms with Crippen LogP contribution in [0.5, 0.6) is 0 Å². The highest BCUT2D eigenvalue weighted by Crippen LogP contribution is 2.32. The lowest BCUT2D eigenvalue weighted by atomic mass is 10.1. The Morgan fingerprint density at radius 3 is 2.74 bits per heavy atom. The Labute approximate surface area is 156 Å². The Balaban J connectivity index is 1.94. The highest BCUT2D eigenvalue weighted by Gasteiger charge is 2.33. The molecule has 1 aromatic heterocycles. The molecular weight excluding hydrogens is 355 g/mol. The number of aryl methyl sites for hydroxylation is 2. The van der Waals surface area contributed by atoms with E-state index in [1.165, 1.54) is 13.1 Å². The molecule has 0 aliphatic carbocycles. The average Bonchev–Trinajstić information content (AvgIpc) is 2.77. The Kier molecular flexibility index (Phi) is 5.39. The summed E-state index contributed by atoms with van der Waals surface area (Å²) in [5, 5.41) is 2.68. The van der Waals surface area contributed by atoms with Crippen LogP contribution in [0, 0.1) is 19.7 Å². The van der Waals surface area contributed by atoms with Crippen LogP contribution in [0.2, 0.25) is 0 Å². The lowest BCUT2D eigenvalue weighted by Crippen LogP contribution is -2.30. The van der Waals surface area contributed by atoms with Crippen LogP contribution in [0.4, 0.5) is 24.7 Å². The number of pyridine rings is 1. The standard InChI is InChI=1S/C20H22F3N3O/c1-13-5-3-6-15(11-13)25-19(27)16-17(21)14(2)12-24-18(16)26-9-4-7-20(22,23)8-10-26/h3,5-6,11-12H,4,7-10H2,1-2H3,(H,25,27). The minimum Gasteiger partial charge on any atom is -0.356 e. The molecule has 0 saturated carbocycles. The number of rotatable bonds is 3. The molecule has 1 fully saturated rings. The van der Waals surface area contributed by atoms with Gasteiger partial charge in [-0.05, 0) is 38.0 Å². The van der Waals surface area contributed by atoms with Crippen LogP contribution < -0.4 is 10.2 Å². The summed E-state index contributed by atoms with van der Waals surface area (Å²) in [7, 11) is 0. The van der Waals surface area contributed by atoms with Crippen LogP contribution in [-0.2, 0) is 0 Å². The van der Waals surface area contributed by atoms with E-state index in [0.29, 0.717) is 12.2 Å². The first kappa shape index (κ1) is 19.2. The summed E-state index contributed by atoms with van der Waals surface area (Å²) in [6.07, 6.45) is 1.02. The van der Waals surface area contributed by atoms with Crippen molar-refractivity contribution in [1.82, 2.24) is 4.98 Å². The minimum atomic E-state index is -2.75. The number of anilines is 2. The maximum Gasteiger partial charge on any atom is 0.262 e. The molecule has 0 bridgehead atoms. The molecule has 144 valence electrons. The van der Waals surface area contributed by atoms with E-state index in [1.54, 1.807) is 23.1 Å². The van der Waals surface area contributed by atoms with Crippen molar-refractivity contribution in [2.75, 3.05) is 23.3 Å². The van der Waals surface area contributed by atoms with Gasteiger partial charge in [0, 0.05) is 43.4 Å². The summed E-state index contributed by atoms with van der Waals surface area (Å²) < 4.78 is 42.2. The molecule has 27 heavy (non-hydrogen) atoms. The van der Waals surface area contributed by atoms with Crippen molar-refractivity contribution in [2.24, 2.45) is 0 Å². The van der Waals surface area contributed by atoms with Gasteiger partial charge in [0.15, 0.2) is 0 Å². The second kappa shape index (κ2) is 7.58. The van der Waals surface area contributed by atoms with Gasteiger partial charge in [-0.1, -0.05) is 12.1 Å². The molecule has 0 atom stereocenters. The third-order valence-corrected chi connectivity index (χ3v) is 4.69. The van der Waals surface area contributed by atoms with Crippen molar-refractivity contribution < 1.29 is 18.0 Å². The fourth-order valence-corrected chi connectivity index (χ4v) is 3.21. The van der Waals surface area contributed by atoms with Gasteiger partial charge >= 0.3 is 0 Å². The predicted octanol–water partition coefficient (Wildman–Crippen LogP) is 4.72. The Morgan fingerprint density at radius 2 is 2.00 bits per heavy atom. The molecule has 1 aliphatic heterocycles. The highest BCUT2D eigenvalue weighted by molar-refractivity contribution is 6.08. The fourth-order valence-electron chi connectivity index (χ4n) is 3.21. The third-order valence-electron chi connectivity index (χ3n) is 4.69. The number of alkyl halides is 2. The van der Waals surface area contributed by atoms with Crippen molar-refractivity contribution in [2.45, 2.75) is 39.0 Å². The summed E-state index contributed by atoms with van der Waals surface area (Å²) in [4.78, 5) is 18.6. The molecule has 0 unspecified atom stereocenters. The molecule has 2 aromatic rings. The van der Waals surface area contributed by atoms with E-state index in [0.717, 1.165) is 5.56 Å². The molecular formula is C20H22F3N3O. The predicted molar refractivity (Wildman–Crippen MR) is 99.1 cm³/mol. The number of carbonyl (C=O) groups excluding carboxylic acids is 1. The topological polar surface area (TPSA) is 45.2 Å². The van der Waals surface area contributed by atoms with Crippen molar-refractivity contribution in [3.05, 3.63) is 53.0 Å². The summed E-state index contributed by atoms with van der Waals surface area (Å²) in [5.74, 6) is -3.95. The SMILES string of the molecule is Cc1cccc(NC(=O)c2c(N3CCCC(F)(F)CC3)ncc(C)c2F)c1. The van der Waals surface area contributed by atoms with Crippen LogP contribution in [0.15, 0.2) is 30.5 Å². The van der Waals surface area contributed by atoms with Crippen LogP contribution >= 0.6 is 0 Å². The van der Waals surface area contributed by atoms with Crippen molar-refractivity contribution in [1.29, 1.82) is 0 Å².